The predicted molar refractivity (Wildman–Crippen MR) is 48.6 cm³/mol. The van der Waals surface area contributed by atoms with Crippen molar-refractivity contribution < 1.29 is 13.2 Å². The number of aryl methyl sites for hydroxylation is 1. The molecular formula is C9H8BrF3. The second kappa shape index (κ2) is 3.70. The molecule has 0 nitrogen and oxygen atoms in total. The first-order valence-electron chi connectivity index (χ1n) is 3.70. The minimum Gasteiger partial charge on any atom is -0.171 e. The van der Waals surface area contributed by atoms with E-state index in [0.717, 1.165) is 0 Å². The van der Waals surface area contributed by atoms with Gasteiger partial charge >= 0.3 is 6.18 Å². The molecule has 0 unspecified atom stereocenters. The van der Waals surface area contributed by atoms with Crippen LogP contribution >= 0.6 is 15.9 Å². The van der Waals surface area contributed by atoms with Crippen LogP contribution in [0, 0.1) is 6.92 Å². The molecule has 72 valence electrons. The lowest BCUT2D eigenvalue weighted by molar-refractivity contribution is -0.127. The number of benzene rings is 1. The third-order valence-corrected chi connectivity index (χ3v) is 2.20. The lowest BCUT2D eigenvalue weighted by Gasteiger charge is -2.09. The Kier molecular flexibility index (Phi) is 3.01. The van der Waals surface area contributed by atoms with Gasteiger partial charge in [-0.3, -0.25) is 0 Å². The molecule has 1 rings (SSSR count). The van der Waals surface area contributed by atoms with Crippen LogP contribution in [-0.4, -0.2) is 6.18 Å². The lowest BCUT2D eigenvalue weighted by atomic mass is 10.1. The highest BCUT2D eigenvalue weighted by Crippen LogP contribution is 2.25. The van der Waals surface area contributed by atoms with Crippen LogP contribution in [0.5, 0.6) is 0 Å². The van der Waals surface area contributed by atoms with Gasteiger partial charge in [-0.2, -0.15) is 13.2 Å². The Morgan fingerprint density at radius 2 is 1.92 bits per heavy atom. The molecule has 0 radical (unpaired) electrons. The van der Waals surface area contributed by atoms with Crippen LogP contribution in [0.15, 0.2) is 22.7 Å². The van der Waals surface area contributed by atoms with Gasteiger partial charge in [0.15, 0.2) is 0 Å². The Morgan fingerprint density at radius 1 is 1.31 bits per heavy atom. The van der Waals surface area contributed by atoms with Gasteiger partial charge in [0.25, 0.3) is 0 Å². The largest absolute Gasteiger partial charge is 0.393 e. The predicted octanol–water partition coefficient (Wildman–Crippen LogP) is 3.86. The maximum absolute atomic E-state index is 12.0. The maximum Gasteiger partial charge on any atom is 0.393 e. The van der Waals surface area contributed by atoms with Crippen LogP contribution in [0.3, 0.4) is 0 Å². The third kappa shape index (κ3) is 3.38. The molecular weight excluding hydrogens is 245 g/mol. The van der Waals surface area contributed by atoms with Crippen LogP contribution < -0.4 is 0 Å². The van der Waals surface area contributed by atoms with Gasteiger partial charge in [-0.05, 0) is 30.2 Å². The maximum atomic E-state index is 12.0. The lowest BCUT2D eigenvalue weighted by Crippen LogP contribution is -2.12. The van der Waals surface area contributed by atoms with Crippen LogP contribution in [0.2, 0.25) is 0 Å². The highest BCUT2D eigenvalue weighted by atomic mass is 79.9. The van der Waals surface area contributed by atoms with Gasteiger partial charge in [-0.15, -0.1) is 0 Å². The summed E-state index contributed by atoms with van der Waals surface area (Å²) < 4.78 is 36.8. The van der Waals surface area contributed by atoms with Crippen molar-refractivity contribution in [3.63, 3.8) is 0 Å². The van der Waals surface area contributed by atoms with Crippen LogP contribution in [0.1, 0.15) is 11.1 Å². The summed E-state index contributed by atoms with van der Waals surface area (Å²) in [6, 6.07) is 4.91. The Morgan fingerprint density at radius 3 is 2.46 bits per heavy atom. The van der Waals surface area contributed by atoms with Crippen molar-refractivity contribution in [3.05, 3.63) is 33.8 Å². The van der Waals surface area contributed by atoms with Gasteiger partial charge in [-0.25, -0.2) is 0 Å². The summed E-state index contributed by atoms with van der Waals surface area (Å²) in [5, 5.41) is 0. The molecule has 0 aliphatic carbocycles. The standard InChI is InChI=1S/C9H8BrF3/c1-6-2-3-8(10)4-7(6)5-9(11,12)13/h2-4H,5H2,1H3. The van der Waals surface area contributed by atoms with Crippen molar-refractivity contribution >= 4 is 15.9 Å². The van der Waals surface area contributed by atoms with Crippen molar-refractivity contribution in [1.82, 2.24) is 0 Å². The van der Waals surface area contributed by atoms with Gasteiger partial charge in [0, 0.05) is 4.47 Å². The van der Waals surface area contributed by atoms with Crippen LogP contribution in [-0.2, 0) is 6.42 Å². The van der Waals surface area contributed by atoms with Crippen molar-refractivity contribution in [2.24, 2.45) is 0 Å². The van der Waals surface area contributed by atoms with Crippen molar-refractivity contribution in [2.75, 3.05) is 0 Å². The fourth-order valence-corrected chi connectivity index (χ4v) is 1.45. The minimum absolute atomic E-state index is 0.321. The highest BCUT2D eigenvalue weighted by molar-refractivity contribution is 9.10. The number of alkyl halides is 3. The summed E-state index contributed by atoms with van der Waals surface area (Å²) in [6.07, 6.45) is -5.00. The monoisotopic (exact) mass is 252 g/mol. The van der Waals surface area contributed by atoms with E-state index in [1.807, 2.05) is 0 Å². The Hall–Kier alpha value is -0.510. The second-order valence-electron chi connectivity index (χ2n) is 2.86. The molecule has 0 aliphatic heterocycles. The normalized spacial score (nSPS) is 11.8. The first-order chi connectivity index (χ1) is 5.88. The molecule has 0 fully saturated rings. The molecule has 0 aromatic heterocycles. The molecule has 4 heteroatoms. The zero-order valence-electron chi connectivity index (χ0n) is 6.95. The van der Waals surface area contributed by atoms with E-state index >= 15 is 0 Å². The van der Waals surface area contributed by atoms with Gasteiger partial charge < -0.3 is 0 Å². The Labute approximate surface area is 82.9 Å². The summed E-state index contributed by atoms with van der Waals surface area (Å²) >= 11 is 3.14. The zero-order chi connectivity index (χ0) is 10.1. The number of hydrogen-bond donors (Lipinski definition) is 0. The average molecular weight is 253 g/mol. The molecule has 0 amide bonds. The van der Waals surface area contributed by atoms with E-state index in [1.54, 1.807) is 19.1 Å². The molecule has 0 aliphatic rings. The molecule has 0 spiro atoms. The highest BCUT2D eigenvalue weighted by Gasteiger charge is 2.28. The van der Waals surface area contributed by atoms with Crippen LogP contribution in [0.25, 0.3) is 0 Å². The fraction of sp³-hybridized carbons (Fsp3) is 0.333. The van der Waals surface area contributed by atoms with E-state index in [-0.39, 0.29) is 0 Å². The van der Waals surface area contributed by atoms with Gasteiger partial charge in [0.05, 0.1) is 6.42 Å². The number of halogens is 4. The fourth-order valence-electron chi connectivity index (χ4n) is 1.05. The van der Waals surface area contributed by atoms with E-state index in [0.29, 0.717) is 15.6 Å². The number of rotatable bonds is 1. The Bertz CT molecular complexity index is 304. The van der Waals surface area contributed by atoms with E-state index in [9.17, 15) is 13.2 Å². The molecule has 0 atom stereocenters. The summed E-state index contributed by atoms with van der Waals surface area (Å²) in [6.45, 7) is 1.67. The van der Waals surface area contributed by atoms with E-state index < -0.39 is 12.6 Å². The molecule has 13 heavy (non-hydrogen) atoms. The molecule has 0 N–H and O–H groups in total. The summed E-state index contributed by atoms with van der Waals surface area (Å²) in [5.74, 6) is 0. The quantitative estimate of drug-likeness (QED) is 0.712. The smallest absolute Gasteiger partial charge is 0.171 e. The summed E-state index contributed by atoms with van der Waals surface area (Å²) in [7, 11) is 0. The van der Waals surface area contributed by atoms with E-state index in [4.69, 9.17) is 0 Å². The van der Waals surface area contributed by atoms with Crippen molar-refractivity contribution in [1.29, 1.82) is 0 Å². The topological polar surface area (TPSA) is 0 Å². The molecule has 0 saturated heterocycles. The Balaban J connectivity index is 2.94. The van der Waals surface area contributed by atoms with Crippen molar-refractivity contribution in [2.45, 2.75) is 19.5 Å². The second-order valence-corrected chi connectivity index (χ2v) is 3.78. The first kappa shape index (κ1) is 10.6. The average Bonchev–Trinajstić information content (AvgIpc) is 1.94. The third-order valence-electron chi connectivity index (χ3n) is 1.70. The van der Waals surface area contributed by atoms with Gasteiger partial charge in [0.1, 0.15) is 0 Å². The summed E-state index contributed by atoms with van der Waals surface area (Å²) in [5.41, 5.74) is 0.988. The molecule has 0 saturated carbocycles. The van der Waals surface area contributed by atoms with Gasteiger partial charge in [0.2, 0.25) is 0 Å². The minimum atomic E-state index is -4.13. The first-order valence-corrected chi connectivity index (χ1v) is 4.49. The van der Waals surface area contributed by atoms with E-state index in [1.165, 1.54) is 6.07 Å². The molecule has 0 bridgehead atoms. The number of hydrogen-bond acceptors (Lipinski definition) is 0. The van der Waals surface area contributed by atoms with E-state index in [2.05, 4.69) is 15.9 Å². The van der Waals surface area contributed by atoms with Crippen LogP contribution in [0.4, 0.5) is 13.2 Å². The summed E-state index contributed by atoms with van der Waals surface area (Å²) in [4.78, 5) is 0. The SMILES string of the molecule is Cc1ccc(Br)cc1CC(F)(F)F. The molecule has 1 aromatic rings. The zero-order valence-corrected chi connectivity index (χ0v) is 8.54. The van der Waals surface area contributed by atoms with Gasteiger partial charge in [-0.1, -0.05) is 22.0 Å². The molecule has 1 aromatic carbocycles. The molecule has 0 heterocycles. The van der Waals surface area contributed by atoms with Crippen molar-refractivity contribution in [3.8, 4) is 0 Å².